The molecule has 78 valence electrons. The van der Waals surface area contributed by atoms with Gasteiger partial charge in [-0.1, -0.05) is 18.2 Å². The number of hydrogen-bond acceptors (Lipinski definition) is 3. The number of aromatic amines is 1. The Morgan fingerprint density at radius 1 is 1.12 bits per heavy atom. The Bertz CT molecular complexity index is 642. The predicted octanol–water partition coefficient (Wildman–Crippen LogP) is 2.33. The molecule has 0 fully saturated rings. The molecule has 2 aromatic heterocycles. The third kappa shape index (κ3) is 1.35. The van der Waals surface area contributed by atoms with Gasteiger partial charge in [-0.15, -0.1) is 0 Å². The first-order valence-electron chi connectivity index (χ1n) is 5.07. The van der Waals surface area contributed by atoms with E-state index < -0.39 is 0 Å². The molecular formula is C12H10N4. The number of rotatable bonds is 1. The molecular weight excluding hydrogens is 200 g/mol. The molecule has 1 aromatic carbocycles. The highest BCUT2D eigenvalue weighted by Gasteiger charge is 2.06. The summed E-state index contributed by atoms with van der Waals surface area (Å²) in [6, 6.07) is 10.1. The van der Waals surface area contributed by atoms with E-state index in [2.05, 4.69) is 26.5 Å². The van der Waals surface area contributed by atoms with Crippen molar-refractivity contribution in [3.05, 3.63) is 42.2 Å². The summed E-state index contributed by atoms with van der Waals surface area (Å²) in [6.07, 6.45) is 1.83. The van der Waals surface area contributed by atoms with E-state index in [4.69, 9.17) is 0 Å². The van der Waals surface area contributed by atoms with Crippen molar-refractivity contribution in [2.24, 2.45) is 0 Å². The zero-order valence-corrected chi connectivity index (χ0v) is 8.81. The lowest BCUT2D eigenvalue weighted by molar-refractivity contribution is 0.929. The zero-order valence-electron chi connectivity index (χ0n) is 8.81. The molecule has 0 amide bonds. The molecule has 0 saturated heterocycles. The number of aromatic nitrogens is 4. The van der Waals surface area contributed by atoms with Crippen LogP contribution in [0.1, 0.15) is 5.69 Å². The highest BCUT2D eigenvalue weighted by Crippen LogP contribution is 2.21. The van der Waals surface area contributed by atoms with Gasteiger partial charge >= 0.3 is 0 Å². The molecule has 4 nitrogen and oxygen atoms in total. The largest absolute Gasteiger partial charge is 0.256 e. The van der Waals surface area contributed by atoms with Gasteiger partial charge in [-0.05, 0) is 19.1 Å². The third-order valence-electron chi connectivity index (χ3n) is 2.59. The molecule has 0 atom stereocenters. The molecule has 0 aliphatic carbocycles. The van der Waals surface area contributed by atoms with Crippen molar-refractivity contribution in [2.75, 3.05) is 0 Å². The van der Waals surface area contributed by atoms with Crippen LogP contribution in [0, 0.1) is 6.92 Å². The summed E-state index contributed by atoms with van der Waals surface area (Å²) in [4.78, 5) is 4.40. The van der Waals surface area contributed by atoms with Crippen molar-refractivity contribution in [1.29, 1.82) is 0 Å². The van der Waals surface area contributed by atoms with Crippen LogP contribution in [0.15, 0.2) is 36.5 Å². The van der Waals surface area contributed by atoms with E-state index in [1.807, 2.05) is 37.4 Å². The number of aryl methyl sites for hydroxylation is 1. The molecule has 2 heterocycles. The van der Waals surface area contributed by atoms with Gasteiger partial charge in [0.2, 0.25) is 0 Å². The Hall–Kier alpha value is -2.23. The van der Waals surface area contributed by atoms with E-state index in [1.54, 1.807) is 0 Å². The van der Waals surface area contributed by atoms with Gasteiger partial charge < -0.3 is 0 Å². The van der Waals surface area contributed by atoms with Gasteiger partial charge in [-0.25, -0.2) is 0 Å². The number of nitrogens with one attached hydrogen (secondary N) is 1. The molecule has 0 saturated carbocycles. The second-order valence-electron chi connectivity index (χ2n) is 3.67. The van der Waals surface area contributed by atoms with Gasteiger partial charge in [0.15, 0.2) is 0 Å². The van der Waals surface area contributed by atoms with Gasteiger partial charge in [0.1, 0.15) is 5.69 Å². The summed E-state index contributed by atoms with van der Waals surface area (Å²) in [5.74, 6) is 0. The summed E-state index contributed by atoms with van der Waals surface area (Å²) in [5, 5.41) is 11.9. The second kappa shape index (κ2) is 3.41. The zero-order chi connectivity index (χ0) is 11.0. The van der Waals surface area contributed by atoms with Crippen molar-refractivity contribution in [2.45, 2.75) is 6.92 Å². The molecule has 0 aliphatic rings. The smallest absolute Gasteiger partial charge is 0.117 e. The predicted molar refractivity (Wildman–Crippen MR) is 61.9 cm³/mol. The van der Waals surface area contributed by atoms with Crippen LogP contribution in [0.25, 0.3) is 22.2 Å². The fourth-order valence-electron chi connectivity index (χ4n) is 1.76. The van der Waals surface area contributed by atoms with E-state index in [-0.39, 0.29) is 0 Å². The minimum Gasteiger partial charge on any atom is -0.256 e. The average molecular weight is 210 g/mol. The van der Waals surface area contributed by atoms with E-state index in [9.17, 15) is 0 Å². The van der Waals surface area contributed by atoms with Crippen LogP contribution < -0.4 is 0 Å². The van der Waals surface area contributed by atoms with Crippen molar-refractivity contribution < 1.29 is 0 Å². The van der Waals surface area contributed by atoms with Crippen LogP contribution in [-0.4, -0.2) is 20.4 Å². The molecule has 0 spiro atoms. The normalized spacial score (nSPS) is 10.8. The third-order valence-corrected chi connectivity index (χ3v) is 2.59. The van der Waals surface area contributed by atoms with Gasteiger partial charge in [0.25, 0.3) is 0 Å². The molecule has 3 rings (SSSR count). The maximum atomic E-state index is 4.40. The van der Waals surface area contributed by atoms with Crippen LogP contribution >= 0.6 is 0 Å². The molecule has 0 radical (unpaired) electrons. The quantitative estimate of drug-likeness (QED) is 0.670. The highest BCUT2D eigenvalue weighted by molar-refractivity contribution is 5.82. The summed E-state index contributed by atoms with van der Waals surface area (Å²) >= 11 is 0. The number of para-hydroxylation sites is 1. The first kappa shape index (κ1) is 9.03. The Kier molecular flexibility index (Phi) is 1.93. The van der Waals surface area contributed by atoms with Gasteiger partial charge in [0.05, 0.1) is 11.2 Å². The van der Waals surface area contributed by atoms with Crippen molar-refractivity contribution in [1.82, 2.24) is 20.4 Å². The van der Waals surface area contributed by atoms with E-state index in [0.29, 0.717) is 0 Å². The molecule has 4 heteroatoms. The summed E-state index contributed by atoms with van der Waals surface area (Å²) in [6.45, 7) is 1.92. The molecule has 3 aromatic rings. The standard InChI is InChI=1S/C12H10N4/c1-8-12(15-16-14-8)10-6-9-4-2-3-5-11(9)13-7-10/h2-7H,1H3,(H,14,15,16). The molecule has 1 N–H and O–H groups in total. The Balaban J connectivity index is 2.23. The number of benzene rings is 1. The maximum Gasteiger partial charge on any atom is 0.117 e. The van der Waals surface area contributed by atoms with Gasteiger partial charge in [0, 0.05) is 17.1 Å². The molecule has 0 unspecified atom stereocenters. The molecule has 16 heavy (non-hydrogen) atoms. The number of hydrogen-bond donors (Lipinski definition) is 1. The number of H-pyrrole nitrogens is 1. The highest BCUT2D eigenvalue weighted by atomic mass is 15.3. The van der Waals surface area contributed by atoms with Gasteiger partial charge in [-0.3, -0.25) is 4.98 Å². The Labute approximate surface area is 92.3 Å². The molecule has 0 aliphatic heterocycles. The van der Waals surface area contributed by atoms with E-state index >= 15 is 0 Å². The minimum atomic E-state index is 0.859. The van der Waals surface area contributed by atoms with Gasteiger partial charge in [-0.2, -0.15) is 15.4 Å². The second-order valence-corrected chi connectivity index (χ2v) is 3.67. The lowest BCUT2D eigenvalue weighted by atomic mass is 10.1. The fourth-order valence-corrected chi connectivity index (χ4v) is 1.76. The first-order valence-corrected chi connectivity index (χ1v) is 5.07. The fraction of sp³-hybridized carbons (Fsp3) is 0.0833. The van der Waals surface area contributed by atoms with Crippen molar-refractivity contribution in [3.8, 4) is 11.3 Å². The number of nitrogens with zero attached hydrogens (tertiary/aromatic N) is 3. The maximum absolute atomic E-state index is 4.40. The lowest BCUT2D eigenvalue weighted by Crippen LogP contribution is -1.85. The first-order chi connectivity index (χ1) is 7.84. The lowest BCUT2D eigenvalue weighted by Gasteiger charge is -2.00. The monoisotopic (exact) mass is 210 g/mol. The van der Waals surface area contributed by atoms with Crippen LogP contribution in [0.3, 0.4) is 0 Å². The molecule has 0 bridgehead atoms. The van der Waals surface area contributed by atoms with E-state index in [1.165, 1.54) is 0 Å². The van der Waals surface area contributed by atoms with Crippen LogP contribution in [0.5, 0.6) is 0 Å². The van der Waals surface area contributed by atoms with Crippen LogP contribution in [0.2, 0.25) is 0 Å². The van der Waals surface area contributed by atoms with Crippen LogP contribution in [-0.2, 0) is 0 Å². The van der Waals surface area contributed by atoms with Crippen molar-refractivity contribution >= 4 is 10.9 Å². The summed E-state index contributed by atoms with van der Waals surface area (Å²) in [7, 11) is 0. The Morgan fingerprint density at radius 3 is 2.81 bits per heavy atom. The number of pyridine rings is 1. The Morgan fingerprint density at radius 2 is 2.00 bits per heavy atom. The number of fused-ring (bicyclic) bond motifs is 1. The minimum absolute atomic E-state index is 0.859. The summed E-state index contributed by atoms with van der Waals surface area (Å²) < 4.78 is 0. The SMILES string of the molecule is Cc1n[nH]nc1-c1cnc2ccccc2c1. The topological polar surface area (TPSA) is 54.5 Å². The van der Waals surface area contributed by atoms with Crippen molar-refractivity contribution in [3.63, 3.8) is 0 Å². The summed E-state index contributed by atoms with van der Waals surface area (Å²) in [5.41, 5.74) is 3.73. The van der Waals surface area contributed by atoms with Crippen LogP contribution in [0.4, 0.5) is 0 Å². The average Bonchev–Trinajstić information content (AvgIpc) is 2.75. The van der Waals surface area contributed by atoms with E-state index in [0.717, 1.165) is 27.9 Å².